The highest BCUT2D eigenvalue weighted by atomic mass is 19.1. The number of nitrogens with zero attached hydrogens (tertiary/aromatic N) is 2. The number of aromatic nitrogens is 2. The van der Waals surface area contributed by atoms with Crippen LogP contribution in [0.2, 0.25) is 0 Å². The number of unbranched alkanes of at least 4 members (excludes halogenated alkanes) is 1. The van der Waals surface area contributed by atoms with Crippen LogP contribution in [0, 0.1) is 17.7 Å². The second-order valence-electron chi connectivity index (χ2n) is 5.14. The highest BCUT2D eigenvalue weighted by Gasteiger charge is 2.19. The smallest absolute Gasteiger partial charge is 0.357 e. The van der Waals surface area contributed by atoms with Gasteiger partial charge in [0, 0.05) is 17.5 Å². The summed E-state index contributed by atoms with van der Waals surface area (Å²) >= 11 is 0. The molecule has 0 saturated heterocycles. The average Bonchev–Trinajstić information content (AvgIpc) is 2.60. The highest BCUT2D eigenvalue weighted by Crippen LogP contribution is 2.25. The molecular weight excluding hydrogens is 321 g/mol. The Morgan fingerprint density at radius 1 is 1.44 bits per heavy atom. The van der Waals surface area contributed by atoms with Crippen LogP contribution in [0.5, 0.6) is 0 Å². The number of carbonyl (C=O) groups is 1. The number of anilines is 1. The normalized spacial score (nSPS) is 9.88. The topological polar surface area (TPSA) is 78.1 Å². The molecule has 0 aliphatic heterocycles. The molecule has 6 heteroatoms. The van der Waals surface area contributed by atoms with Gasteiger partial charge < -0.3 is 10.5 Å². The van der Waals surface area contributed by atoms with Crippen LogP contribution >= 0.6 is 0 Å². The molecule has 0 amide bonds. The van der Waals surface area contributed by atoms with E-state index in [9.17, 15) is 9.18 Å². The summed E-state index contributed by atoms with van der Waals surface area (Å²) in [4.78, 5) is 20.1. The number of methoxy groups -OCH3 is 1. The van der Waals surface area contributed by atoms with Gasteiger partial charge in [0.05, 0.1) is 12.7 Å². The van der Waals surface area contributed by atoms with E-state index >= 15 is 0 Å². The Bertz CT molecular complexity index is 882. The third-order valence-electron chi connectivity index (χ3n) is 3.38. The number of hydrogen-bond acceptors (Lipinski definition) is 5. The van der Waals surface area contributed by atoms with E-state index in [2.05, 4.69) is 33.1 Å². The van der Waals surface area contributed by atoms with Crippen LogP contribution in [0.1, 0.15) is 41.4 Å². The standard InChI is InChI=1S/C19H18FN3O2/c1-4-6-7-8-12-9-10-14(15(20)11-12)18-22-16(19(24)25-3)13(5-2)17(21)23-18/h5,9-11H,2,4,6H2,1,3H3,(H2,21,22,23). The van der Waals surface area contributed by atoms with Gasteiger partial charge >= 0.3 is 5.97 Å². The van der Waals surface area contributed by atoms with Crippen molar-refractivity contribution in [1.29, 1.82) is 0 Å². The van der Waals surface area contributed by atoms with E-state index < -0.39 is 11.8 Å². The second-order valence-corrected chi connectivity index (χ2v) is 5.14. The van der Waals surface area contributed by atoms with Crippen molar-refractivity contribution < 1.29 is 13.9 Å². The Kier molecular flexibility index (Phi) is 5.85. The molecule has 128 valence electrons. The monoisotopic (exact) mass is 339 g/mol. The summed E-state index contributed by atoms with van der Waals surface area (Å²) in [5, 5.41) is 0. The molecule has 25 heavy (non-hydrogen) atoms. The third-order valence-corrected chi connectivity index (χ3v) is 3.38. The van der Waals surface area contributed by atoms with Crippen LogP contribution in [-0.2, 0) is 4.74 Å². The molecule has 0 saturated carbocycles. The van der Waals surface area contributed by atoms with Crippen molar-refractivity contribution in [2.24, 2.45) is 0 Å². The van der Waals surface area contributed by atoms with E-state index in [1.54, 1.807) is 6.07 Å². The lowest BCUT2D eigenvalue weighted by molar-refractivity contribution is 0.0593. The van der Waals surface area contributed by atoms with E-state index in [0.29, 0.717) is 5.56 Å². The summed E-state index contributed by atoms with van der Waals surface area (Å²) in [6, 6.07) is 4.48. The number of carbonyl (C=O) groups excluding carboxylic acids is 1. The van der Waals surface area contributed by atoms with Gasteiger partial charge in [-0.05, 0) is 24.6 Å². The number of hydrogen-bond donors (Lipinski definition) is 1. The number of nitrogens with two attached hydrogens (primary N) is 1. The molecule has 2 N–H and O–H groups in total. The minimum atomic E-state index is -0.701. The summed E-state index contributed by atoms with van der Waals surface area (Å²) in [5.74, 6) is 4.61. The van der Waals surface area contributed by atoms with Crippen LogP contribution in [0.15, 0.2) is 24.8 Å². The lowest BCUT2D eigenvalue weighted by atomic mass is 10.1. The second kappa shape index (κ2) is 8.06. The lowest BCUT2D eigenvalue weighted by Crippen LogP contribution is -2.12. The van der Waals surface area contributed by atoms with Gasteiger partial charge in [-0.25, -0.2) is 19.2 Å². The quantitative estimate of drug-likeness (QED) is 0.682. The molecule has 0 fully saturated rings. The molecule has 0 unspecified atom stereocenters. The summed E-state index contributed by atoms with van der Waals surface area (Å²) in [6.07, 6.45) is 3.04. The fraction of sp³-hybridized carbons (Fsp3) is 0.211. The van der Waals surface area contributed by atoms with Crippen molar-refractivity contribution in [2.45, 2.75) is 19.8 Å². The van der Waals surface area contributed by atoms with Gasteiger partial charge in [0.25, 0.3) is 0 Å². The summed E-state index contributed by atoms with van der Waals surface area (Å²) in [6.45, 7) is 5.60. The molecule has 5 nitrogen and oxygen atoms in total. The molecular formula is C19H18FN3O2. The molecule has 1 heterocycles. The van der Waals surface area contributed by atoms with Gasteiger partial charge in [0.15, 0.2) is 11.5 Å². The molecule has 2 aromatic rings. The van der Waals surface area contributed by atoms with Gasteiger partial charge in [-0.2, -0.15) is 0 Å². The Morgan fingerprint density at radius 2 is 2.20 bits per heavy atom. The van der Waals surface area contributed by atoms with Gasteiger partial charge in [-0.15, -0.1) is 0 Å². The maximum Gasteiger partial charge on any atom is 0.357 e. The number of rotatable bonds is 4. The Labute approximate surface area is 145 Å². The Hall–Kier alpha value is -3.20. The molecule has 0 spiro atoms. The number of benzene rings is 1. The first-order valence-electron chi connectivity index (χ1n) is 7.68. The van der Waals surface area contributed by atoms with E-state index in [-0.39, 0.29) is 28.5 Å². The first-order chi connectivity index (χ1) is 12.0. The molecule has 2 rings (SSSR count). The first kappa shape index (κ1) is 18.1. The fourth-order valence-electron chi connectivity index (χ4n) is 2.12. The van der Waals surface area contributed by atoms with Crippen molar-refractivity contribution in [3.63, 3.8) is 0 Å². The molecule has 0 atom stereocenters. The lowest BCUT2D eigenvalue weighted by Gasteiger charge is -2.09. The van der Waals surface area contributed by atoms with Gasteiger partial charge in [0.2, 0.25) is 0 Å². The van der Waals surface area contributed by atoms with Crippen molar-refractivity contribution in [1.82, 2.24) is 9.97 Å². The summed E-state index contributed by atoms with van der Waals surface area (Å²) < 4.78 is 19.1. The van der Waals surface area contributed by atoms with Gasteiger partial charge in [0.1, 0.15) is 11.6 Å². The van der Waals surface area contributed by atoms with E-state index in [1.807, 2.05) is 6.92 Å². The predicted molar refractivity (Wildman–Crippen MR) is 95.1 cm³/mol. The van der Waals surface area contributed by atoms with Gasteiger partial charge in [-0.3, -0.25) is 0 Å². The van der Waals surface area contributed by atoms with E-state index in [0.717, 1.165) is 12.8 Å². The first-order valence-corrected chi connectivity index (χ1v) is 7.68. The van der Waals surface area contributed by atoms with Crippen molar-refractivity contribution in [2.75, 3.05) is 12.8 Å². The Balaban J connectivity index is 2.52. The number of nitrogen functional groups attached to an aromatic ring is 1. The molecule has 0 aliphatic rings. The molecule has 1 aromatic carbocycles. The minimum Gasteiger partial charge on any atom is -0.464 e. The molecule has 0 aliphatic carbocycles. The van der Waals surface area contributed by atoms with Crippen LogP contribution in [0.4, 0.5) is 10.2 Å². The van der Waals surface area contributed by atoms with Crippen molar-refractivity contribution in [3.8, 4) is 23.2 Å². The molecule has 0 bridgehead atoms. The zero-order chi connectivity index (χ0) is 18.4. The number of halogens is 1. The predicted octanol–water partition coefficient (Wildman–Crippen LogP) is 3.45. The van der Waals surface area contributed by atoms with Crippen LogP contribution in [0.25, 0.3) is 17.5 Å². The number of ether oxygens (including phenoxy) is 1. The van der Waals surface area contributed by atoms with Crippen LogP contribution in [-0.4, -0.2) is 23.0 Å². The van der Waals surface area contributed by atoms with Crippen molar-refractivity contribution in [3.05, 3.63) is 47.4 Å². The maximum absolute atomic E-state index is 14.4. The molecule has 1 aromatic heterocycles. The van der Waals surface area contributed by atoms with Gasteiger partial charge in [-0.1, -0.05) is 31.4 Å². The third kappa shape index (κ3) is 4.01. The van der Waals surface area contributed by atoms with Crippen molar-refractivity contribution >= 4 is 17.9 Å². The number of esters is 1. The minimum absolute atomic E-state index is 0.00549. The average molecular weight is 339 g/mol. The zero-order valence-electron chi connectivity index (χ0n) is 14.1. The largest absolute Gasteiger partial charge is 0.464 e. The Morgan fingerprint density at radius 3 is 2.80 bits per heavy atom. The summed E-state index contributed by atoms with van der Waals surface area (Å²) in [7, 11) is 1.22. The van der Waals surface area contributed by atoms with E-state index in [1.165, 1.54) is 25.3 Å². The highest BCUT2D eigenvalue weighted by molar-refractivity contribution is 5.93. The van der Waals surface area contributed by atoms with E-state index in [4.69, 9.17) is 5.73 Å². The fourth-order valence-corrected chi connectivity index (χ4v) is 2.12. The van der Waals surface area contributed by atoms with Crippen LogP contribution < -0.4 is 5.73 Å². The summed E-state index contributed by atoms with van der Waals surface area (Å²) in [5.41, 5.74) is 6.71. The SMILES string of the molecule is C=Cc1c(N)nc(-c2ccc(C#CCCC)cc2F)nc1C(=O)OC. The zero-order valence-corrected chi connectivity index (χ0v) is 14.1. The molecule has 0 radical (unpaired) electrons. The maximum atomic E-state index is 14.4. The van der Waals surface area contributed by atoms with Crippen LogP contribution in [0.3, 0.4) is 0 Å².